The summed E-state index contributed by atoms with van der Waals surface area (Å²) in [6, 6.07) is 3.06. The molecule has 2 rings (SSSR count). The standard InChI is InChI=1S/C17H17BrF2N4O4S/c1-3-6-29(27,28)24-13-5-4-12(19)14(15(13)20)17(26)23-10-7-11(18)16(21-8-10)22-9(2)25/h4-5,7-8,24H,3,6H2,1-2H3,(H,23,26)(H,21,22,25). The molecular weight excluding hydrogens is 474 g/mol. The van der Waals surface area contributed by atoms with Crippen LogP contribution < -0.4 is 15.4 Å². The fourth-order valence-corrected chi connectivity index (χ4v) is 3.87. The van der Waals surface area contributed by atoms with Crippen LogP contribution in [0.15, 0.2) is 28.9 Å². The number of hydrogen-bond acceptors (Lipinski definition) is 5. The van der Waals surface area contributed by atoms with E-state index >= 15 is 0 Å². The molecule has 29 heavy (non-hydrogen) atoms. The summed E-state index contributed by atoms with van der Waals surface area (Å²) < 4.78 is 54.7. The molecule has 0 aliphatic carbocycles. The van der Waals surface area contributed by atoms with Crippen molar-refractivity contribution in [1.29, 1.82) is 0 Å². The first-order valence-corrected chi connectivity index (χ1v) is 10.7. The Hall–Kier alpha value is -2.60. The Balaban J connectivity index is 2.30. The van der Waals surface area contributed by atoms with Gasteiger partial charge in [-0.15, -0.1) is 0 Å². The van der Waals surface area contributed by atoms with Crippen molar-refractivity contribution in [1.82, 2.24) is 4.98 Å². The number of rotatable bonds is 7. The van der Waals surface area contributed by atoms with E-state index in [0.29, 0.717) is 10.9 Å². The minimum Gasteiger partial charge on any atom is -0.320 e. The number of anilines is 3. The second-order valence-corrected chi connectivity index (χ2v) is 8.59. The van der Waals surface area contributed by atoms with Crippen LogP contribution in [0.5, 0.6) is 0 Å². The van der Waals surface area contributed by atoms with Gasteiger partial charge in [0.1, 0.15) is 17.2 Å². The van der Waals surface area contributed by atoms with Gasteiger partial charge in [0.25, 0.3) is 5.91 Å². The van der Waals surface area contributed by atoms with Crippen LogP contribution in [0.1, 0.15) is 30.6 Å². The summed E-state index contributed by atoms with van der Waals surface area (Å²) in [5, 5.41) is 4.72. The summed E-state index contributed by atoms with van der Waals surface area (Å²) >= 11 is 3.16. The van der Waals surface area contributed by atoms with Gasteiger partial charge in [-0.1, -0.05) is 6.92 Å². The molecule has 0 atom stereocenters. The van der Waals surface area contributed by atoms with Crippen molar-refractivity contribution in [3.8, 4) is 0 Å². The summed E-state index contributed by atoms with van der Waals surface area (Å²) in [4.78, 5) is 27.4. The highest BCUT2D eigenvalue weighted by Gasteiger charge is 2.23. The van der Waals surface area contributed by atoms with Gasteiger partial charge in [0.05, 0.1) is 27.8 Å². The molecule has 0 bridgehead atoms. The van der Waals surface area contributed by atoms with Crippen LogP contribution in [0.25, 0.3) is 0 Å². The molecule has 156 valence electrons. The van der Waals surface area contributed by atoms with Crippen molar-refractivity contribution in [2.45, 2.75) is 20.3 Å². The van der Waals surface area contributed by atoms with Gasteiger partial charge >= 0.3 is 0 Å². The Bertz CT molecular complexity index is 1060. The van der Waals surface area contributed by atoms with E-state index in [0.717, 1.165) is 12.1 Å². The largest absolute Gasteiger partial charge is 0.320 e. The van der Waals surface area contributed by atoms with Gasteiger partial charge in [-0.25, -0.2) is 22.2 Å². The molecule has 12 heteroatoms. The molecule has 0 aliphatic rings. The topological polar surface area (TPSA) is 117 Å². The SMILES string of the molecule is CCCS(=O)(=O)Nc1ccc(F)c(C(=O)Nc2cnc(NC(C)=O)c(Br)c2)c1F. The first kappa shape index (κ1) is 22.7. The summed E-state index contributed by atoms with van der Waals surface area (Å²) in [5.74, 6) is -4.07. The van der Waals surface area contributed by atoms with Gasteiger partial charge in [-0.2, -0.15) is 0 Å². The van der Waals surface area contributed by atoms with Crippen molar-refractivity contribution in [2.24, 2.45) is 0 Å². The Labute approximate surface area is 174 Å². The predicted molar refractivity (Wildman–Crippen MR) is 108 cm³/mol. The summed E-state index contributed by atoms with van der Waals surface area (Å²) in [6.45, 7) is 2.92. The molecule has 0 spiro atoms. The van der Waals surface area contributed by atoms with Crippen LogP contribution in [0.2, 0.25) is 0 Å². The monoisotopic (exact) mass is 490 g/mol. The number of pyridine rings is 1. The van der Waals surface area contributed by atoms with Gasteiger partial charge in [0, 0.05) is 6.92 Å². The fraction of sp³-hybridized carbons (Fsp3) is 0.235. The number of hydrogen-bond donors (Lipinski definition) is 3. The van der Waals surface area contributed by atoms with Crippen molar-refractivity contribution < 1.29 is 26.8 Å². The first-order chi connectivity index (χ1) is 13.5. The number of carbonyl (C=O) groups excluding carboxylic acids is 2. The lowest BCUT2D eigenvalue weighted by molar-refractivity contribution is -0.114. The second-order valence-electron chi connectivity index (χ2n) is 5.89. The maximum Gasteiger partial charge on any atom is 0.261 e. The Morgan fingerprint density at radius 3 is 2.48 bits per heavy atom. The number of amides is 2. The Morgan fingerprint density at radius 2 is 1.90 bits per heavy atom. The van der Waals surface area contributed by atoms with Crippen molar-refractivity contribution in [3.05, 3.63) is 46.1 Å². The molecule has 0 aliphatic heterocycles. The maximum atomic E-state index is 14.6. The van der Waals surface area contributed by atoms with Crippen LogP contribution in [0.4, 0.5) is 26.0 Å². The molecule has 0 unspecified atom stereocenters. The molecule has 0 radical (unpaired) electrons. The number of nitrogens with one attached hydrogen (secondary N) is 3. The van der Waals surface area contributed by atoms with Crippen molar-refractivity contribution in [2.75, 3.05) is 21.1 Å². The number of aromatic nitrogens is 1. The van der Waals surface area contributed by atoms with Crippen molar-refractivity contribution in [3.63, 3.8) is 0 Å². The molecule has 1 aromatic carbocycles. The minimum atomic E-state index is -3.84. The Kier molecular flexibility index (Phi) is 7.25. The number of nitrogens with zero attached hydrogens (tertiary/aromatic N) is 1. The average Bonchev–Trinajstić information content (AvgIpc) is 2.59. The zero-order valence-corrected chi connectivity index (χ0v) is 17.7. The summed E-state index contributed by atoms with van der Waals surface area (Å²) in [7, 11) is -3.84. The van der Waals surface area contributed by atoms with Crippen LogP contribution in [-0.2, 0) is 14.8 Å². The molecular formula is C17H17BrF2N4O4S. The van der Waals surface area contributed by atoms with Crippen LogP contribution in [-0.4, -0.2) is 31.0 Å². The van der Waals surface area contributed by atoms with E-state index in [9.17, 15) is 26.8 Å². The summed E-state index contributed by atoms with van der Waals surface area (Å²) in [6.07, 6.45) is 1.47. The van der Waals surface area contributed by atoms with E-state index in [-0.39, 0.29) is 23.2 Å². The van der Waals surface area contributed by atoms with E-state index in [1.807, 2.05) is 4.72 Å². The number of halogens is 3. The molecule has 2 aromatic rings. The normalized spacial score (nSPS) is 11.1. The van der Waals surface area contributed by atoms with E-state index in [4.69, 9.17) is 0 Å². The van der Waals surface area contributed by atoms with Gasteiger partial charge < -0.3 is 10.6 Å². The van der Waals surface area contributed by atoms with E-state index < -0.39 is 38.8 Å². The molecule has 1 heterocycles. The first-order valence-electron chi connectivity index (χ1n) is 8.27. The highest BCUT2D eigenvalue weighted by atomic mass is 79.9. The van der Waals surface area contributed by atoms with Gasteiger partial charge in [0.2, 0.25) is 15.9 Å². The predicted octanol–water partition coefficient (Wildman–Crippen LogP) is 3.48. The van der Waals surface area contributed by atoms with E-state index in [1.165, 1.54) is 19.2 Å². The molecule has 0 saturated carbocycles. The van der Waals surface area contributed by atoms with Crippen LogP contribution >= 0.6 is 15.9 Å². The van der Waals surface area contributed by atoms with Gasteiger partial charge in [-0.3, -0.25) is 14.3 Å². The lowest BCUT2D eigenvalue weighted by atomic mass is 10.1. The quantitative estimate of drug-likeness (QED) is 0.549. The fourth-order valence-electron chi connectivity index (χ4n) is 2.29. The highest BCUT2D eigenvalue weighted by Crippen LogP contribution is 2.26. The van der Waals surface area contributed by atoms with E-state index in [1.54, 1.807) is 6.92 Å². The number of sulfonamides is 1. The lowest BCUT2D eigenvalue weighted by Gasteiger charge is -2.13. The lowest BCUT2D eigenvalue weighted by Crippen LogP contribution is -2.20. The zero-order valence-electron chi connectivity index (χ0n) is 15.3. The molecule has 0 saturated heterocycles. The molecule has 2 amide bonds. The highest BCUT2D eigenvalue weighted by molar-refractivity contribution is 9.10. The van der Waals surface area contributed by atoms with Crippen molar-refractivity contribution >= 4 is 55.0 Å². The van der Waals surface area contributed by atoms with E-state index in [2.05, 4.69) is 31.5 Å². The Morgan fingerprint density at radius 1 is 1.21 bits per heavy atom. The molecule has 8 nitrogen and oxygen atoms in total. The van der Waals surface area contributed by atoms with Gasteiger partial charge in [-0.05, 0) is 40.5 Å². The number of benzene rings is 1. The third-order valence-corrected chi connectivity index (χ3v) is 5.53. The summed E-state index contributed by atoms with van der Waals surface area (Å²) in [5.41, 5.74) is -1.40. The maximum absolute atomic E-state index is 14.6. The second kappa shape index (κ2) is 9.27. The average molecular weight is 491 g/mol. The third kappa shape index (κ3) is 5.94. The smallest absolute Gasteiger partial charge is 0.261 e. The van der Waals surface area contributed by atoms with Crippen LogP contribution in [0.3, 0.4) is 0 Å². The van der Waals surface area contributed by atoms with Gasteiger partial charge in [0.15, 0.2) is 5.82 Å². The third-order valence-electron chi connectivity index (χ3n) is 3.45. The molecule has 3 N–H and O–H groups in total. The van der Waals surface area contributed by atoms with Crippen LogP contribution in [0, 0.1) is 11.6 Å². The zero-order chi connectivity index (χ0) is 21.8. The number of carbonyl (C=O) groups is 2. The minimum absolute atomic E-state index is 0.0896. The molecule has 1 aromatic heterocycles. The molecule has 0 fully saturated rings.